The van der Waals surface area contributed by atoms with E-state index in [-0.39, 0.29) is 0 Å². The third-order valence-electron chi connectivity index (χ3n) is 5.98. The van der Waals surface area contributed by atoms with E-state index in [9.17, 15) is 0 Å². The van der Waals surface area contributed by atoms with Crippen molar-refractivity contribution in [1.29, 1.82) is 0 Å². The number of nitrogens with zero attached hydrogens (tertiary/aromatic N) is 7. The van der Waals surface area contributed by atoms with E-state index >= 15 is 0 Å². The molecule has 1 saturated heterocycles. The second-order valence-corrected chi connectivity index (χ2v) is 7.84. The van der Waals surface area contributed by atoms with Gasteiger partial charge in [0.15, 0.2) is 17.0 Å². The van der Waals surface area contributed by atoms with Crippen LogP contribution in [0.2, 0.25) is 0 Å². The van der Waals surface area contributed by atoms with E-state index in [1.807, 2.05) is 36.8 Å². The van der Waals surface area contributed by atoms with Crippen molar-refractivity contribution in [2.75, 3.05) is 36.5 Å². The van der Waals surface area contributed by atoms with E-state index in [0.717, 1.165) is 67.0 Å². The Hall–Kier alpha value is -3.33. The predicted octanol–water partition coefficient (Wildman–Crippen LogP) is 2.42. The molecule has 9 nitrogen and oxygen atoms in total. The summed E-state index contributed by atoms with van der Waals surface area (Å²) in [6.07, 6.45) is 7.38. The average Bonchev–Trinajstić information content (AvgIpc) is 3.20. The normalized spacial score (nSPS) is 21.7. The summed E-state index contributed by atoms with van der Waals surface area (Å²) in [4.78, 5) is 25.0. The molecule has 152 valence electrons. The van der Waals surface area contributed by atoms with Gasteiger partial charge < -0.3 is 19.5 Å². The van der Waals surface area contributed by atoms with E-state index in [2.05, 4.69) is 39.7 Å². The Morgan fingerprint density at radius 1 is 1.00 bits per heavy atom. The predicted molar refractivity (Wildman–Crippen MR) is 114 cm³/mol. The number of hydrogen-bond donors (Lipinski definition) is 1. The van der Waals surface area contributed by atoms with E-state index in [4.69, 9.17) is 4.74 Å². The van der Waals surface area contributed by atoms with Crippen LogP contribution >= 0.6 is 0 Å². The van der Waals surface area contributed by atoms with Crippen LogP contribution in [0.5, 0.6) is 0 Å². The van der Waals surface area contributed by atoms with Crippen molar-refractivity contribution in [1.82, 2.24) is 29.5 Å². The molecule has 1 N–H and O–H groups in total. The van der Waals surface area contributed by atoms with Gasteiger partial charge in [-0.15, -0.1) is 0 Å². The van der Waals surface area contributed by atoms with E-state index < -0.39 is 0 Å². The molecule has 4 aromatic rings. The summed E-state index contributed by atoms with van der Waals surface area (Å²) in [7, 11) is 0. The summed E-state index contributed by atoms with van der Waals surface area (Å²) >= 11 is 0. The number of morpholine rings is 1. The van der Waals surface area contributed by atoms with E-state index in [1.54, 1.807) is 6.33 Å². The van der Waals surface area contributed by atoms with Crippen LogP contribution in [-0.4, -0.2) is 61.8 Å². The quantitative estimate of drug-likeness (QED) is 0.556. The maximum atomic E-state index is 5.46. The van der Waals surface area contributed by atoms with Crippen LogP contribution in [0.15, 0.2) is 43.1 Å². The van der Waals surface area contributed by atoms with Gasteiger partial charge in [0.2, 0.25) is 5.95 Å². The molecule has 4 heterocycles. The maximum Gasteiger partial charge on any atom is 0.223 e. The molecule has 2 fully saturated rings. The van der Waals surface area contributed by atoms with Gasteiger partial charge in [0.05, 0.1) is 25.1 Å². The highest BCUT2D eigenvalue weighted by Crippen LogP contribution is 2.36. The second-order valence-electron chi connectivity index (χ2n) is 7.84. The largest absolute Gasteiger partial charge is 0.378 e. The lowest BCUT2D eigenvalue weighted by atomic mass is 9.86. The minimum absolute atomic E-state index is 0.342. The Labute approximate surface area is 173 Å². The summed E-state index contributed by atoms with van der Waals surface area (Å²) in [5.41, 5.74) is 2.73. The fourth-order valence-electron chi connectivity index (χ4n) is 4.27. The van der Waals surface area contributed by atoms with Gasteiger partial charge in [-0.1, -0.05) is 18.2 Å². The van der Waals surface area contributed by atoms with Crippen molar-refractivity contribution in [2.24, 2.45) is 0 Å². The van der Waals surface area contributed by atoms with Crippen LogP contribution in [-0.2, 0) is 4.74 Å². The van der Waals surface area contributed by atoms with Crippen molar-refractivity contribution in [2.45, 2.75) is 24.9 Å². The van der Waals surface area contributed by atoms with Gasteiger partial charge in [-0.3, -0.25) is 0 Å². The molecule has 6 rings (SSSR count). The van der Waals surface area contributed by atoms with Gasteiger partial charge in [0, 0.05) is 36.8 Å². The third-order valence-corrected chi connectivity index (χ3v) is 5.98. The van der Waals surface area contributed by atoms with Crippen LogP contribution in [0.25, 0.3) is 22.1 Å². The molecule has 0 unspecified atom stereocenters. The lowest BCUT2D eigenvalue weighted by Gasteiger charge is -2.36. The molecule has 0 spiro atoms. The topological polar surface area (TPSA) is 93.9 Å². The summed E-state index contributed by atoms with van der Waals surface area (Å²) in [5.74, 6) is 1.59. The van der Waals surface area contributed by atoms with Gasteiger partial charge in [-0.05, 0) is 18.9 Å². The Balaban J connectivity index is 1.18. The fraction of sp³-hybridized carbons (Fsp3) is 0.381. The molecule has 0 radical (unpaired) electrons. The average molecular weight is 402 g/mol. The second kappa shape index (κ2) is 7.17. The minimum Gasteiger partial charge on any atom is -0.378 e. The van der Waals surface area contributed by atoms with Crippen LogP contribution in [0.4, 0.5) is 11.8 Å². The molecule has 0 bridgehead atoms. The Morgan fingerprint density at radius 2 is 1.87 bits per heavy atom. The molecule has 1 aliphatic heterocycles. The lowest BCUT2D eigenvalue weighted by Crippen LogP contribution is -2.37. The van der Waals surface area contributed by atoms with Crippen molar-refractivity contribution in [3.05, 3.63) is 43.1 Å². The van der Waals surface area contributed by atoms with Crippen molar-refractivity contribution < 1.29 is 4.74 Å². The van der Waals surface area contributed by atoms with Gasteiger partial charge >= 0.3 is 0 Å². The van der Waals surface area contributed by atoms with Crippen LogP contribution < -0.4 is 10.2 Å². The summed E-state index contributed by atoms with van der Waals surface area (Å²) < 4.78 is 7.64. The number of hydrogen-bond acceptors (Lipinski definition) is 8. The number of benzene rings is 1. The zero-order valence-electron chi connectivity index (χ0n) is 16.5. The molecule has 9 heteroatoms. The lowest BCUT2D eigenvalue weighted by molar-refractivity contribution is 0.122. The molecule has 2 aliphatic rings. The van der Waals surface area contributed by atoms with Crippen molar-refractivity contribution in [3.8, 4) is 0 Å². The maximum absolute atomic E-state index is 5.46. The molecular formula is C21H22N8O. The first-order chi connectivity index (χ1) is 14.8. The first-order valence-corrected chi connectivity index (χ1v) is 10.3. The molecule has 0 amide bonds. The zero-order valence-corrected chi connectivity index (χ0v) is 16.5. The molecule has 1 saturated carbocycles. The number of anilines is 2. The number of fused-ring (bicyclic) bond motifs is 2. The molecule has 0 atom stereocenters. The van der Waals surface area contributed by atoms with Gasteiger partial charge in [0.25, 0.3) is 0 Å². The number of para-hydroxylation sites is 1. The standard InChI is InChI=1S/C21H22N8O/c1-2-4-17-14(3-1)11-22-21(27-17)26-15-9-16(10-15)29-13-25-18-19(23-12-24-20(18)29)28-5-7-30-8-6-28/h1-4,11-13,15-16H,5-10H2,(H,22,26,27)/t15-,16-. The summed E-state index contributed by atoms with van der Waals surface area (Å²) in [6, 6.07) is 8.73. The number of imidazole rings is 1. The van der Waals surface area contributed by atoms with Crippen molar-refractivity contribution in [3.63, 3.8) is 0 Å². The van der Waals surface area contributed by atoms with Crippen LogP contribution in [0, 0.1) is 0 Å². The van der Waals surface area contributed by atoms with Crippen molar-refractivity contribution >= 4 is 33.8 Å². The highest BCUT2D eigenvalue weighted by molar-refractivity contribution is 5.83. The minimum atomic E-state index is 0.342. The van der Waals surface area contributed by atoms with Gasteiger partial charge in [-0.2, -0.15) is 0 Å². The zero-order chi connectivity index (χ0) is 19.9. The van der Waals surface area contributed by atoms with Crippen LogP contribution in [0.3, 0.4) is 0 Å². The summed E-state index contributed by atoms with van der Waals surface area (Å²) in [5, 5.41) is 4.51. The van der Waals surface area contributed by atoms with Gasteiger partial charge in [-0.25, -0.2) is 24.9 Å². The Kier molecular flexibility index (Phi) is 4.19. The number of nitrogens with one attached hydrogen (secondary N) is 1. The number of aromatic nitrogens is 6. The molecule has 1 aromatic carbocycles. The first-order valence-electron chi connectivity index (χ1n) is 10.3. The van der Waals surface area contributed by atoms with E-state index in [1.165, 1.54) is 0 Å². The van der Waals surface area contributed by atoms with E-state index in [0.29, 0.717) is 18.0 Å². The van der Waals surface area contributed by atoms with Crippen LogP contribution in [0.1, 0.15) is 18.9 Å². The highest BCUT2D eigenvalue weighted by Gasteiger charge is 2.32. The SMILES string of the molecule is c1ccc2nc(N[C@H]3C[C@H](n4cnc5c(N6CCOCC6)ncnc54)C3)ncc2c1. The highest BCUT2D eigenvalue weighted by atomic mass is 16.5. The fourth-order valence-corrected chi connectivity index (χ4v) is 4.27. The Morgan fingerprint density at radius 3 is 2.77 bits per heavy atom. The number of ether oxygens (including phenoxy) is 1. The van der Waals surface area contributed by atoms with Gasteiger partial charge in [0.1, 0.15) is 6.33 Å². The molecule has 30 heavy (non-hydrogen) atoms. The smallest absolute Gasteiger partial charge is 0.223 e. The molecule has 3 aromatic heterocycles. The Bertz CT molecular complexity index is 1200. The third kappa shape index (κ3) is 3.02. The molecule has 1 aliphatic carbocycles. The summed E-state index contributed by atoms with van der Waals surface area (Å²) in [6.45, 7) is 3.11. The number of rotatable bonds is 4. The first kappa shape index (κ1) is 17.5. The monoisotopic (exact) mass is 402 g/mol. The molecular weight excluding hydrogens is 380 g/mol.